The fraction of sp³-hybridized carbons (Fsp3) is 0.778. The molecule has 1 fully saturated rings. The highest BCUT2D eigenvalue weighted by Crippen LogP contribution is 2.16. The third-order valence-electron chi connectivity index (χ3n) is 2.47. The molecule has 0 saturated carbocycles. The van der Waals surface area contributed by atoms with E-state index >= 15 is 0 Å². The molecule has 5 heteroatoms. The average Bonchev–Trinajstić information content (AvgIpc) is 2.15. The lowest BCUT2D eigenvalue weighted by Gasteiger charge is -2.38. The van der Waals surface area contributed by atoms with Crippen molar-refractivity contribution in [3.63, 3.8) is 0 Å². The molecule has 0 radical (unpaired) electrons. The molecule has 0 aromatic heterocycles. The van der Waals surface area contributed by atoms with E-state index in [9.17, 15) is 4.79 Å². The summed E-state index contributed by atoms with van der Waals surface area (Å²) in [5, 5.41) is 17.7. The van der Waals surface area contributed by atoms with Gasteiger partial charge in [0.2, 0.25) is 0 Å². The SMILES string of the molecule is CC1OCCN(C(C)C#N)C1C(=O)O. The molecule has 1 rings (SSSR count). The van der Waals surface area contributed by atoms with Gasteiger partial charge in [-0.25, -0.2) is 0 Å². The highest BCUT2D eigenvalue weighted by molar-refractivity contribution is 5.74. The maximum Gasteiger partial charge on any atom is 0.323 e. The topological polar surface area (TPSA) is 73.6 Å². The average molecular weight is 198 g/mol. The molecular formula is C9H14N2O3. The Morgan fingerprint density at radius 1 is 1.79 bits per heavy atom. The Bertz CT molecular complexity index is 261. The molecule has 0 aromatic carbocycles. The Hall–Kier alpha value is -1.12. The van der Waals surface area contributed by atoms with Crippen molar-refractivity contribution in [2.75, 3.05) is 13.2 Å². The summed E-state index contributed by atoms with van der Waals surface area (Å²) in [6.07, 6.45) is -0.364. The van der Waals surface area contributed by atoms with Gasteiger partial charge in [0.1, 0.15) is 6.04 Å². The van der Waals surface area contributed by atoms with Crippen LogP contribution >= 0.6 is 0 Å². The Kier molecular flexibility index (Phi) is 3.44. The van der Waals surface area contributed by atoms with Crippen molar-refractivity contribution in [2.45, 2.75) is 32.0 Å². The third-order valence-corrected chi connectivity index (χ3v) is 2.47. The lowest BCUT2D eigenvalue weighted by Crippen LogP contribution is -2.56. The summed E-state index contributed by atoms with van der Waals surface area (Å²) in [7, 11) is 0. The third kappa shape index (κ3) is 2.03. The summed E-state index contributed by atoms with van der Waals surface area (Å²) in [6, 6.07) is 0.951. The number of carboxylic acids is 1. The van der Waals surface area contributed by atoms with E-state index in [0.29, 0.717) is 13.2 Å². The van der Waals surface area contributed by atoms with Crippen LogP contribution in [0.4, 0.5) is 0 Å². The summed E-state index contributed by atoms with van der Waals surface area (Å²) in [5.74, 6) is -0.931. The van der Waals surface area contributed by atoms with Gasteiger partial charge in [0.15, 0.2) is 0 Å². The second kappa shape index (κ2) is 4.40. The lowest BCUT2D eigenvalue weighted by atomic mass is 10.1. The van der Waals surface area contributed by atoms with Gasteiger partial charge >= 0.3 is 5.97 Å². The minimum absolute atomic E-state index is 0.364. The summed E-state index contributed by atoms with van der Waals surface area (Å²) in [6.45, 7) is 4.40. The van der Waals surface area contributed by atoms with Crippen LogP contribution in [0.2, 0.25) is 0 Å². The van der Waals surface area contributed by atoms with E-state index in [1.807, 2.05) is 6.07 Å². The number of morpholine rings is 1. The highest BCUT2D eigenvalue weighted by Gasteiger charge is 2.37. The number of carbonyl (C=O) groups is 1. The summed E-state index contributed by atoms with van der Waals surface area (Å²) in [5.41, 5.74) is 0. The molecule has 1 aliphatic heterocycles. The number of nitriles is 1. The Morgan fingerprint density at radius 3 is 2.93 bits per heavy atom. The second-order valence-corrected chi connectivity index (χ2v) is 3.40. The normalized spacial score (nSPS) is 30.6. The predicted octanol–water partition coefficient (Wildman–Crippen LogP) is 0.0724. The van der Waals surface area contributed by atoms with Crippen LogP contribution in [-0.2, 0) is 9.53 Å². The van der Waals surface area contributed by atoms with Crippen LogP contribution in [0.1, 0.15) is 13.8 Å². The molecule has 1 saturated heterocycles. The number of ether oxygens (including phenoxy) is 1. The largest absolute Gasteiger partial charge is 0.480 e. The lowest BCUT2D eigenvalue weighted by molar-refractivity contribution is -0.157. The molecule has 1 N–H and O–H groups in total. The van der Waals surface area contributed by atoms with Crippen molar-refractivity contribution >= 4 is 5.97 Å². The van der Waals surface area contributed by atoms with Crippen LogP contribution in [-0.4, -0.2) is 47.3 Å². The van der Waals surface area contributed by atoms with Crippen molar-refractivity contribution in [3.8, 4) is 6.07 Å². The molecular weight excluding hydrogens is 184 g/mol. The van der Waals surface area contributed by atoms with Crippen molar-refractivity contribution in [2.24, 2.45) is 0 Å². The van der Waals surface area contributed by atoms with E-state index < -0.39 is 12.0 Å². The summed E-state index contributed by atoms with van der Waals surface area (Å²) < 4.78 is 5.24. The van der Waals surface area contributed by atoms with Gasteiger partial charge in [0.05, 0.1) is 24.8 Å². The van der Waals surface area contributed by atoms with Gasteiger partial charge in [-0.3, -0.25) is 9.69 Å². The van der Waals surface area contributed by atoms with Crippen molar-refractivity contribution in [3.05, 3.63) is 0 Å². The number of carboxylic acid groups (broad SMARTS) is 1. The van der Waals surface area contributed by atoms with Gasteiger partial charge in [0.25, 0.3) is 0 Å². The fourth-order valence-corrected chi connectivity index (χ4v) is 1.70. The van der Waals surface area contributed by atoms with Crippen molar-refractivity contribution in [1.82, 2.24) is 4.90 Å². The first kappa shape index (κ1) is 11.0. The van der Waals surface area contributed by atoms with Crippen molar-refractivity contribution < 1.29 is 14.6 Å². The molecule has 3 atom stereocenters. The minimum Gasteiger partial charge on any atom is -0.480 e. The first-order chi connectivity index (χ1) is 6.57. The number of hydrogen-bond acceptors (Lipinski definition) is 4. The minimum atomic E-state index is -0.931. The molecule has 78 valence electrons. The Morgan fingerprint density at radius 2 is 2.43 bits per heavy atom. The molecule has 14 heavy (non-hydrogen) atoms. The van der Waals surface area contributed by atoms with Crippen molar-refractivity contribution in [1.29, 1.82) is 5.26 Å². The summed E-state index contributed by atoms with van der Waals surface area (Å²) in [4.78, 5) is 12.6. The smallest absolute Gasteiger partial charge is 0.323 e. The van der Waals surface area contributed by atoms with E-state index in [4.69, 9.17) is 15.1 Å². The van der Waals surface area contributed by atoms with Gasteiger partial charge < -0.3 is 9.84 Å². The first-order valence-corrected chi connectivity index (χ1v) is 4.57. The number of hydrogen-bond donors (Lipinski definition) is 1. The van der Waals surface area contributed by atoms with Crippen LogP contribution in [0.25, 0.3) is 0 Å². The molecule has 3 unspecified atom stereocenters. The van der Waals surface area contributed by atoms with E-state index in [-0.39, 0.29) is 12.1 Å². The van der Waals surface area contributed by atoms with Crippen LogP contribution in [0.3, 0.4) is 0 Å². The van der Waals surface area contributed by atoms with Gasteiger partial charge in [-0.1, -0.05) is 0 Å². The van der Waals surface area contributed by atoms with Crippen LogP contribution in [0.15, 0.2) is 0 Å². The molecule has 0 bridgehead atoms. The van der Waals surface area contributed by atoms with E-state index in [2.05, 4.69) is 0 Å². The fourth-order valence-electron chi connectivity index (χ4n) is 1.70. The van der Waals surface area contributed by atoms with E-state index in [1.165, 1.54) is 0 Å². The molecule has 1 heterocycles. The van der Waals surface area contributed by atoms with Gasteiger partial charge in [-0.15, -0.1) is 0 Å². The van der Waals surface area contributed by atoms with Gasteiger partial charge in [-0.05, 0) is 13.8 Å². The first-order valence-electron chi connectivity index (χ1n) is 4.57. The van der Waals surface area contributed by atoms with Gasteiger partial charge in [0, 0.05) is 6.54 Å². The zero-order valence-electron chi connectivity index (χ0n) is 8.30. The molecule has 0 spiro atoms. The maximum absolute atomic E-state index is 11.0. The van der Waals surface area contributed by atoms with E-state index in [0.717, 1.165) is 0 Å². The second-order valence-electron chi connectivity index (χ2n) is 3.40. The molecule has 0 aliphatic carbocycles. The Labute approximate surface area is 82.9 Å². The standard InChI is InChI=1S/C9H14N2O3/c1-6(5-10)11-3-4-14-7(2)8(11)9(12)13/h6-8H,3-4H2,1-2H3,(H,12,13). The Balaban J connectivity index is 2.81. The molecule has 0 amide bonds. The predicted molar refractivity (Wildman–Crippen MR) is 48.6 cm³/mol. The number of nitrogens with zero attached hydrogens (tertiary/aromatic N) is 2. The molecule has 1 aliphatic rings. The van der Waals surface area contributed by atoms with E-state index in [1.54, 1.807) is 18.7 Å². The van der Waals surface area contributed by atoms with Crippen LogP contribution in [0, 0.1) is 11.3 Å². The highest BCUT2D eigenvalue weighted by atomic mass is 16.5. The van der Waals surface area contributed by atoms with Crippen LogP contribution < -0.4 is 0 Å². The monoisotopic (exact) mass is 198 g/mol. The number of aliphatic carboxylic acids is 1. The quantitative estimate of drug-likeness (QED) is 0.679. The molecule has 5 nitrogen and oxygen atoms in total. The zero-order chi connectivity index (χ0) is 10.7. The van der Waals surface area contributed by atoms with Gasteiger partial charge in [-0.2, -0.15) is 5.26 Å². The molecule has 0 aromatic rings. The maximum atomic E-state index is 11.0. The summed E-state index contributed by atoms with van der Waals surface area (Å²) >= 11 is 0. The zero-order valence-corrected chi connectivity index (χ0v) is 8.30. The van der Waals surface area contributed by atoms with Crippen LogP contribution in [0.5, 0.6) is 0 Å². The number of rotatable bonds is 2.